The number of β-amino-alcohol motifs (C(OH)–C–C–N with tert-alkyl or cyclic N) is 1. The van der Waals surface area contributed by atoms with Crippen LogP contribution in [0, 0.1) is 12.3 Å². The van der Waals surface area contributed by atoms with E-state index in [9.17, 15) is 19.5 Å². The van der Waals surface area contributed by atoms with Gasteiger partial charge in [0.05, 0.1) is 40.8 Å². The zero-order chi connectivity index (χ0) is 25.3. The van der Waals surface area contributed by atoms with Crippen LogP contribution in [-0.4, -0.2) is 82.6 Å². The van der Waals surface area contributed by atoms with Gasteiger partial charge in [0.15, 0.2) is 0 Å². The van der Waals surface area contributed by atoms with Crippen molar-refractivity contribution in [3.05, 3.63) is 41.0 Å². The first-order valence-corrected chi connectivity index (χ1v) is 12.6. The van der Waals surface area contributed by atoms with E-state index in [4.69, 9.17) is 4.74 Å². The highest BCUT2D eigenvalue weighted by molar-refractivity contribution is 7.13. The van der Waals surface area contributed by atoms with Crippen LogP contribution in [0.15, 0.2) is 29.8 Å². The first kappa shape index (κ1) is 25.3. The van der Waals surface area contributed by atoms with Gasteiger partial charge in [-0.3, -0.25) is 14.4 Å². The molecule has 0 spiro atoms. The van der Waals surface area contributed by atoms with E-state index >= 15 is 0 Å². The minimum atomic E-state index is -0.789. The van der Waals surface area contributed by atoms with Gasteiger partial charge in [0.2, 0.25) is 17.7 Å². The Balaban J connectivity index is 1.37. The molecule has 35 heavy (non-hydrogen) atoms. The predicted octanol–water partition coefficient (Wildman–Crippen LogP) is 1.58. The van der Waals surface area contributed by atoms with Crippen LogP contribution in [0.5, 0.6) is 0 Å². The van der Waals surface area contributed by atoms with Crippen LogP contribution < -0.4 is 5.32 Å². The van der Waals surface area contributed by atoms with Gasteiger partial charge in [0, 0.05) is 26.6 Å². The summed E-state index contributed by atoms with van der Waals surface area (Å²) in [5.74, 6) is -0.842. The van der Waals surface area contributed by atoms with Gasteiger partial charge in [-0.25, -0.2) is 4.98 Å². The molecule has 2 aliphatic rings. The third-order valence-corrected chi connectivity index (χ3v) is 7.89. The number of nitrogens with zero attached hydrogens (tertiary/aromatic N) is 3. The molecule has 10 heteroatoms. The molecule has 3 amide bonds. The normalized spacial score (nSPS) is 21.8. The Morgan fingerprint density at radius 1 is 1.31 bits per heavy atom. The van der Waals surface area contributed by atoms with Crippen molar-refractivity contribution in [1.82, 2.24) is 20.1 Å². The van der Waals surface area contributed by atoms with Crippen LogP contribution >= 0.6 is 11.3 Å². The molecule has 0 aliphatic carbocycles. The number of hydrogen-bond acceptors (Lipinski definition) is 7. The third kappa shape index (κ3) is 5.10. The summed E-state index contributed by atoms with van der Waals surface area (Å²) in [5, 5.41) is 13.1. The topological polar surface area (TPSA) is 112 Å². The Morgan fingerprint density at radius 2 is 2.00 bits per heavy atom. The van der Waals surface area contributed by atoms with E-state index in [0.717, 1.165) is 21.7 Å². The molecule has 2 fully saturated rings. The van der Waals surface area contributed by atoms with E-state index in [-0.39, 0.29) is 30.7 Å². The van der Waals surface area contributed by atoms with Crippen molar-refractivity contribution < 1.29 is 24.2 Å². The molecular weight excluding hydrogens is 468 g/mol. The fourth-order valence-electron chi connectivity index (χ4n) is 4.50. The fourth-order valence-corrected chi connectivity index (χ4v) is 5.32. The SMILES string of the molecule is Cc1ncsc1-c1ccc(CNC(=O)[C@@H]2C[C@@H](O)CN2C(=O)C(C)N(C)C(=O)C2(C)COC2)cc1. The van der Waals surface area contributed by atoms with Crippen molar-refractivity contribution >= 4 is 29.1 Å². The maximum Gasteiger partial charge on any atom is 0.245 e. The Kier molecular flexibility index (Phi) is 7.25. The molecule has 4 rings (SSSR count). The van der Waals surface area contributed by atoms with E-state index in [1.807, 2.05) is 43.6 Å². The van der Waals surface area contributed by atoms with Gasteiger partial charge in [-0.05, 0) is 31.9 Å². The van der Waals surface area contributed by atoms with Crippen LogP contribution in [0.2, 0.25) is 0 Å². The lowest BCUT2D eigenvalue weighted by Crippen LogP contribution is -2.58. The number of likely N-dealkylation sites (N-methyl/N-ethyl adjacent to an activating group) is 1. The average molecular weight is 501 g/mol. The van der Waals surface area contributed by atoms with Crippen LogP contribution in [-0.2, 0) is 25.7 Å². The number of hydrogen-bond donors (Lipinski definition) is 2. The number of amides is 3. The molecule has 2 aromatic rings. The number of benzene rings is 1. The number of likely N-dealkylation sites (tertiary alicyclic amines) is 1. The summed E-state index contributed by atoms with van der Waals surface area (Å²) in [6.07, 6.45) is -0.626. The number of aryl methyl sites for hydroxylation is 1. The largest absolute Gasteiger partial charge is 0.391 e. The van der Waals surface area contributed by atoms with Gasteiger partial charge in [0.1, 0.15) is 12.1 Å². The number of ether oxygens (including phenoxy) is 1. The highest BCUT2D eigenvalue weighted by Crippen LogP contribution is 2.30. The molecule has 0 saturated carbocycles. The summed E-state index contributed by atoms with van der Waals surface area (Å²) < 4.78 is 5.17. The number of nitrogens with one attached hydrogen (secondary N) is 1. The summed E-state index contributed by atoms with van der Waals surface area (Å²) in [7, 11) is 1.59. The Hall–Kier alpha value is -2.82. The van der Waals surface area contributed by atoms with Gasteiger partial charge >= 0.3 is 0 Å². The number of aliphatic hydroxyl groups is 1. The van der Waals surface area contributed by atoms with Crippen molar-refractivity contribution in [1.29, 1.82) is 0 Å². The first-order valence-electron chi connectivity index (χ1n) is 11.7. The van der Waals surface area contributed by atoms with Gasteiger partial charge in [0.25, 0.3) is 0 Å². The monoisotopic (exact) mass is 500 g/mol. The molecule has 3 heterocycles. The number of aliphatic hydroxyl groups excluding tert-OH is 1. The van der Waals surface area contributed by atoms with E-state index in [2.05, 4.69) is 10.3 Å². The second-order valence-electron chi connectivity index (χ2n) is 9.72. The smallest absolute Gasteiger partial charge is 0.245 e. The summed E-state index contributed by atoms with van der Waals surface area (Å²) in [5.41, 5.74) is 4.18. The summed E-state index contributed by atoms with van der Waals surface area (Å²) in [4.78, 5) is 47.3. The molecule has 2 aliphatic heterocycles. The minimum Gasteiger partial charge on any atom is -0.391 e. The maximum atomic E-state index is 13.2. The van der Waals surface area contributed by atoms with Crippen LogP contribution in [0.25, 0.3) is 10.4 Å². The molecule has 9 nitrogen and oxygen atoms in total. The molecule has 1 unspecified atom stereocenters. The van der Waals surface area contributed by atoms with Crippen molar-refractivity contribution in [3.63, 3.8) is 0 Å². The van der Waals surface area contributed by atoms with Gasteiger partial charge in [-0.1, -0.05) is 24.3 Å². The van der Waals surface area contributed by atoms with E-state index in [0.29, 0.717) is 19.8 Å². The van der Waals surface area contributed by atoms with Gasteiger partial charge in [-0.2, -0.15) is 0 Å². The Labute approximate surface area is 209 Å². The molecular formula is C25H32N4O5S. The molecule has 2 saturated heterocycles. The lowest BCUT2D eigenvalue weighted by Gasteiger charge is -2.41. The Morgan fingerprint density at radius 3 is 2.57 bits per heavy atom. The quantitative estimate of drug-likeness (QED) is 0.597. The van der Waals surface area contributed by atoms with Crippen LogP contribution in [0.1, 0.15) is 31.5 Å². The van der Waals surface area contributed by atoms with E-state index in [1.54, 1.807) is 25.3 Å². The van der Waals surface area contributed by atoms with Crippen LogP contribution in [0.4, 0.5) is 0 Å². The van der Waals surface area contributed by atoms with Crippen molar-refractivity contribution in [3.8, 4) is 10.4 Å². The van der Waals surface area contributed by atoms with Gasteiger partial charge in [-0.15, -0.1) is 11.3 Å². The number of carbonyl (C=O) groups excluding carboxylic acids is 3. The third-order valence-electron chi connectivity index (χ3n) is 6.91. The molecule has 3 atom stereocenters. The minimum absolute atomic E-state index is 0.0621. The fraction of sp³-hybridized carbons (Fsp3) is 0.520. The molecule has 0 radical (unpaired) electrons. The second-order valence-corrected chi connectivity index (χ2v) is 10.6. The lowest BCUT2D eigenvalue weighted by molar-refractivity contribution is -0.171. The number of carbonyl (C=O) groups is 3. The summed E-state index contributed by atoms with van der Waals surface area (Å²) in [6.45, 7) is 6.46. The zero-order valence-corrected chi connectivity index (χ0v) is 21.3. The van der Waals surface area contributed by atoms with E-state index < -0.39 is 23.6 Å². The van der Waals surface area contributed by atoms with Crippen molar-refractivity contribution in [2.75, 3.05) is 26.8 Å². The van der Waals surface area contributed by atoms with Crippen LogP contribution in [0.3, 0.4) is 0 Å². The molecule has 0 bridgehead atoms. The summed E-state index contributed by atoms with van der Waals surface area (Å²) >= 11 is 1.59. The van der Waals surface area contributed by atoms with Gasteiger partial charge < -0.3 is 25.0 Å². The van der Waals surface area contributed by atoms with E-state index in [1.165, 1.54) is 9.80 Å². The molecule has 1 aromatic carbocycles. The lowest BCUT2D eigenvalue weighted by atomic mass is 9.86. The molecule has 1 aromatic heterocycles. The summed E-state index contributed by atoms with van der Waals surface area (Å²) in [6, 6.07) is 6.36. The number of rotatable bonds is 7. The molecule has 2 N–H and O–H groups in total. The first-order chi connectivity index (χ1) is 16.6. The average Bonchev–Trinajstić information content (AvgIpc) is 3.44. The van der Waals surface area contributed by atoms with Crippen molar-refractivity contribution in [2.24, 2.45) is 5.41 Å². The second kappa shape index (κ2) is 10.0. The maximum absolute atomic E-state index is 13.2. The van der Waals surface area contributed by atoms with Crippen molar-refractivity contribution in [2.45, 2.75) is 51.9 Å². The highest BCUT2D eigenvalue weighted by atomic mass is 32.1. The predicted molar refractivity (Wildman–Crippen MR) is 131 cm³/mol. The standard InChI is InChI=1S/C25H32N4O5S/c1-15-21(35-14-27-15)18-7-5-17(6-8-18)10-26-22(31)20-9-19(30)11-29(20)23(32)16(2)28(4)24(33)25(3)12-34-13-25/h5-8,14,16,19-20,30H,9-13H2,1-4H3,(H,26,31)/t16?,19-,20+/m1/s1. The Bertz CT molecular complexity index is 1100. The molecule has 188 valence electrons. The number of aromatic nitrogens is 1. The highest BCUT2D eigenvalue weighted by Gasteiger charge is 2.46. The zero-order valence-electron chi connectivity index (χ0n) is 20.5. The number of thiazole rings is 1.